The Kier molecular flexibility index (Phi) is 3.77. The SMILES string of the molecule is NNc1c(Cn2cc(I)cn2)cccc1[N+](=O)[O-]. The maximum atomic E-state index is 10.9. The molecule has 94 valence electrons. The monoisotopic (exact) mass is 359 g/mol. The van der Waals surface area contributed by atoms with Crippen LogP contribution in [0.5, 0.6) is 0 Å². The summed E-state index contributed by atoms with van der Waals surface area (Å²) in [4.78, 5) is 10.4. The van der Waals surface area contributed by atoms with Crippen LogP contribution in [0.1, 0.15) is 5.56 Å². The summed E-state index contributed by atoms with van der Waals surface area (Å²) in [5, 5.41) is 15.0. The van der Waals surface area contributed by atoms with E-state index in [1.807, 2.05) is 6.20 Å². The zero-order valence-electron chi connectivity index (χ0n) is 9.21. The molecule has 1 aromatic carbocycles. The van der Waals surface area contributed by atoms with Crippen molar-refractivity contribution in [1.82, 2.24) is 9.78 Å². The van der Waals surface area contributed by atoms with Crippen LogP contribution in [0.15, 0.2) is 30.6 Å². The summed E-state index contributed by atoms with van der Waals surface area (Å²) < 4.78 is 2.70. The van der Waals surface area contributed by atoms with Crippen LogP contribution >= 0.6 is 22.6 Å². The molecule has 2 rings (SSSR count). The van der Waals surface area contributed by atoms with Crippen molar-refractivity contribution in [3.63, 3.8) is 0 Å². The average Bonchev–Trinajstić information content (AvgIpc) is 2.74. The highest BCUT2D eigenvalue weighted by molar-refractivity contribution is 14.1. The fraction of sp³-hybridized carbons (Fsp3) is 0.100. The van der Waals surface area contributed by atoms with Crippen molar-refractivity contribution in [2.24, 2.45) is 5.84 Å². The van der Waals surface area contributed by atoms with Crippen molar-refractivity contribution in [3.8, 4) is 0 Å². The number of para-hydroxylation sites is 1. The Morgan fingerprint density at radius 1 is 1.56 bits per heavy atom. The van der Waals surface area contributed by atoms with E-state index >= 15 is 0 Å². The minimum atomic E-state index is -0.467. The number of benzene rings is 1. The van der Waals surface area contributed by atoms with Gasteiger partial charge in [-0.1, -0.05) is 12.1 Å². The molecular weight excluding hydrogens is 349 g/mol. The van der Waals surface area contributed by atoms with Crippen LogP contribution in [-0.2, 0) is 6.54 Å². The standard InChI is InChI=1S/C10H10IN5O2/c11-8-4-13-15(6-8)5-7-2-1-3-9(16(17)18)10(7)14-12/h1-4,6,14H,5,12H2. The lowest BCUT2D eigenvalue weighted by molar-refractivity contribution is -0.384. The molecule has 8 heteroatoms. The number of aromatic nitrogens is 2. The molecule has 0 radical (unpaired) electrons. The number of nitrogens with one attached hydrogen (secondary N) is 1. The maximum Gasteiger partial charge on any atom is 0.293 e. The topological polar surface area (TPSA) is 99.0 Å². The summed E-state index contributed by atoms with van der Waals surface area (Å²) in [5.74, 6) is 5.36. The van der Waals surface area contributed by atoms with E-state index < -0.39 is 4.92 Å². The summed E-state index contributed by atoms with van der Waals surface area (Å²) in [5.41, 5.74) is 3.37. The maximum absolute atomic E-state index is 10.9. The summed E-state index contributed by atoms with van der Waals surface area (Å²) in [6.07, 6.45) is 3.56. The minimum Gasteiger partial charge on any atom is -0.318 e. The van der Waals surface area contributed by atoms with Crippen LogP contribution in [0.3, 0.4) is 0 Å². The molecule has 0 saturated carbocycles. The van der Waals surface area contributed by atoms with Crippen molar-refractivity contribution in [2.45, 2.75) is 6.54 Å². The molecule has 0 aliphatic carbocycles. The number of nitrogens with two attached hydrogens (primary N) is 1. The first-order valence-electron chi connectivity index (χ1n) is 5.02. The quantitative estimate of drug-likeness (QED) is 0.375. The van der Waals surface area contributed by atoms with Gasteiger partial charge in [-0.05, 0) is 22.6 Å². The second-order valence-corrected chi connectivity index (χ2v) is 4.81. The molecule has 2 aromatic rings. The number of hydrogen-bond donors (Lipinski definition) is 2. The summed E-state index contributed by atoms with van der Waals surface area (Å²) in [6, 6.07) is 4.81. The van der Waals surface area contributed by atoms with Crippen LogP contribution in [0.2, 0.25) is 0 Å². The Bertz CT molecular complexity index is 583. The average molecular weight is 359 g/mol. The van der Waals surface area contributed by atoms with E-state index in [0.717, 1.165) is 3.57 Å². The molecule has 0 spiro atoms. The number of nitro benzene ring substituents is 1. The van der Waals surface area contributed by atoms with E-state index in [-0.39, 0.29) is 5.69 Å². The Labute approximate surface area is 116 Å². The first kappa shape index (κ1) is 12.8. The fourth-order valence-corrected chi connectivity index (χ4v) is 2.08. The highest BCUT2D eigenvalue weighted by atomic mass is 127. The van der Waals surface area contributed by atoms with Crippen LogP contribution < -0.4 is 11.3 Å². The zero-order valence-corrected chi connectivity index (χ0v) is 11.4. The molecule has 0 bridgehead atoms. The third-order valence-corrected chi connectivity index (χ3v) is 2.96. The van der Waals surface area contributed by atoms with Gasteiger partial charge in [0.15, 0.2) is 0 Å². The predicted molar refractivity (Wildman–Crippen MR) is 75.0 cm³/mol. The molecule has 0 fully saturated rings. The van der Waals surface area contributed by atoms with E-state index in [9.17, 15) is 10.1 Å². The number of anilines is 1. The van der Waals surface area contributed by atoms with Gasteiger partial charge in [-0.3, -0.25) is 20.6 Å². The lowest BCUT2D eigenvalue weighted by Gasteiger charge is -2.09. The van der Waals surface area contributed by atoms with Crippen molar-refractivity contribution in [3.05, 3.63) is 49.8 Å². The zero-order chi connectivity index (χ0) is 13.1. The lowest BCUT2D eigenvalue weighted by atomic mass is 10.1. The lowest BCUT2D eigenvalue weighted by Crippen LogP contribution is -2.13. The molecule has 18 heavy (non-hydrogen) atoms. The van der Waals surface area contributed by atoms with E-state index in [2.05, 4.69) is 33.1 Å². The molecule has 1 heterocycles. The highest BCUT2D eigenvalue weighted by Gasteiger charge is 2.16. The molecule has 0 unspecified atom stereocenters. The Balaban J connectivity index is 2.38. The van der Waals surface area contributed by atoms with E-state index in [0.29, 0.717) is 17.8 Å². The molecule has 0 amide bonds. The molecule has 0 aliphatic rings. The van der Waals surface area contributed by atoms with Crippen LogP contribution in [0.4, 0.5) is 11.4 Å². The van der Waals surface area contributed by atoms with Gasteiger partial charge in [-0.25, -0.2) is 0 Å². The fourth-order valence-electron chi connectivity index (χ4n) is 1.64. The molecule has 0 aliphatic heterocycles. The van der Waals surface area contributed by atoms with Gasteiger partial charge >= 0.3 is 0 Å². The first-order chi connectivity index (χ1) is 8.61. The van der Waals surface area contributed by atoms with Gasteiger partial charge in [0.2, 0.25) is 0 Å². The first-order valence-corrected chi connectivity index (χ1v) is 6.10. The van der Waals surface area contributed by atoms with Crippen LogP contribution in [-0.4, -0.2) is 14.7 Å². The van der Waals surface area contributed by atoms with Crippen molar-refractivity contribution in [2.75, 3.05) is 5.43 Å². The molecule has 7 nitrogen and oxygen atoms in total. The number of hydrazine groups is 1. The van der Waals surface area contributed by atoms with Gasteiger partial charge in [-0.15, -0.1) is 0 Å². The van der Waals surface area contributed by atoms with E-state index in [1.54, 1.807) is 23.0 Å². The van der Waals surface area contributed by atoms with Gasteiger partial charge in [0.25, 0.3) is 5.69 Å². The van der Waals surface area contributed by atoms with E-state index in [4.69, 9.17) is 5.84 Å². The van der Waals surface area contributed by atoms with Crippen molar-refractivity contribution in [1.29, 1.82) is 0 Å². The second-order valence-electron chi connectivity index (χ2n) is 3.57. The van der Waals surface area contributed by atoms with Crippen LogP contribution in [0.25, 0.3) is 0 Å². The molecule has 3 N–H and O–H groups in total. The van der Waals surface area contributed by atoms with Gasteiger partial charge in [0.1, 0.15) is 5.69 Å². The Hall–Kier alpha value is -1.68. The number of halogens is 1. The Morgan fingerprint density at radius 3 is 2.89 bits per heavy atom. The van der Waals surface area contributed by atoms with Crippen molar-refractivity contribution < 1.29 is 4.92 Å². The smallest absolute Gasteiger partial charge is 0.293 e. The molecule has 0 atom stereocenters. The summed E-state index contributed by atoms with van der Waals surface area (Å²) in [6.45, 7) is 0.421. The number of hydrogen-bond acceptors (Lipinski definition) is 5. The third kappa shape index (κ3) is 2.59. The predicted octanol–water partition coefficient (Wildman–Crippen LogP) is 1.73. The summed E-state index contributed by atoms with van der Waals surface area (Å²) >= 11 is 2.15. The van der Waals surface area contributed by atoms with E-state index in [1.165, 1.54) is 6.07 Å². The minimum absolute atomic E-state index is 0.0446. The van der Waals surface area contributed by atoms with Crippen molar-refractivity contribution >= 4 is 34.0 Å². The second kappa shape index (κ2) is 5.31. The normalized spacial score (nSPS) is 10.3. The number of nitrogen functional groups attached to an aromatic ring is 1. The molecule has 0 saturated heterocycles. The number of nitro groups is 1. The van der Waals surface area contributed by atoms with Gasteiger partial charge in [-0.2, -0.15) is 5.10 Å². The van der Waals surface area contributed by atoms with Gasteiger partial charge in [0, 0.05) is 17.8 Å². The third-order valence-electron chi connectivity index (χ3n) is 2.40. The summed E-state index contributed by atoms with van der Waals surface area (Å²) in [7, 11) is 0. The number of nitrogens with zero attached hydrogens (tertiary/aromatic N) is 3. The molecule has 1 aromatic heterocycles. The highest BCUT2D eigenvalue weighted by Crippen LogP contribution is 2.27. The van der Waals surface area contributed by atoms with Gasteiger partial charge in [0.05, 0.1) is 21.2 Å². The number of rotatable bonds is 4. The molecular formula is C10H10IN5O2. The van der Waals surface area contributed by atoms with Gasteiger partial charge < -0.3 is 5.43 Å². The largest absolute Gasteiger partial charge is 0.318 e. The van der Waals surface area contributed by atoms with Crippen LogP contribution in [0, 0.1) is 13.7 Å². The Morgan fingerprint density at radius 2 is 2.33 bits per heavy atom.